The van der Waals surface area contributed by atoms with Crippen molar-refractivity contribution in [1.29, 1.82) is 0 Å². The van der Waals surface area contributed by atoms with Gasteiger partial charge in [0.05, 0.1) is 21.3 Å². The molecular formula is C15H16O11. The zero-order valence-electron chi connectivity index (χ0n) is 14.0. The Morgan fingerprint density at radius 3 is 1.08 bits per heavy atom. The number of carboxylic acid groups (broad SMARTS) is 1. The summed E-state index contributed by atoms with van der Waals surface area (Å²) in [6, 6.07) is 0. The van der Waals surface area contributed by atoms with Crippen molar-refractivity contribution in [2.75, 3.05) is 21.3 Å². The fraction of sp³-hybridized carbons (Fsp3) is 0.200. The second-order valence-electron chi connectivity index (χ2n) is 3.65. The normalized spacial score (nSPS) is 9.96. The van der Waals surface area contributed by atoms with Crippen LogP contribution < -0.4 is 0 Å². The van der Waals surface area contributed by atoms with E-state index in [-0.39, 0.29) is 0 Å². The van der Waals surface area contributed by atoms with Gasteiger partial charge in [-0.1, -0.05) is 0 Å². The van der Waals surface area contributed by atoms with Crippen LogP contribution >= 0.6 is 0 Å². The number of hydrogen-bond donors (Lipinski definition) is 1. The van der Waals surface area contributed by atoms with Gasteiger partial charge in [0.1, 0.15) is 0 Å². The number of rotatable bonds is 6. The predicted molar refractivity (Wildman–Crippen MR) is 82.2 cm³/mol. The maximum Gasteiger partial charge on any atom is 0.338 e. The van der Waals surface area contributed by atoms with E-state index in [9.17, 15) is 28.8 Å². The Balaban J connectivity index is 0. The van der Waals surface area contributed by atoms with Crippen LogP contribution in [-0.2, 0) is 47.7 Å². The Kier molecular flexibility index (Phi) is 13.9. The number of carbonyl (C=O) groups excluding carboxylic acids is 5. The number of esters is 5. The highest BCUT2D eigenvalue weighted by Gasteiger charge is 2.05. The van der Waals surface area contributed by atoms with Crippen LogP contribution in [0.1, 0.15) is 0 Å². The Morgan fingerprint density at radius 2 is 0.808 bits per heavy atom. The molecule has 0 fully saturated rings. The second kappa shape index (κ2) is 14.8. The molecule has 0 radical (unpaired) electrons. The average molecular weight is 372 g/mol. The topological polar surface area (TPSA) is 160 Å². The molecule has 1 N–H and O–H groups in total. The van der Waals surface area contributed by atoms with Crippen LogP contribution in [0.15, 0.2) is 36.5 Å². The second-order valence-corrected chi connectivity index (χ2v) is 3.65. The van der Waals surface area contributed by atoms with Crippen molar-refractivity contribution in [1.82, 2.24) is 0 Å². The standard InChI is InChI=1S/C9H8O7.C6H8O4/c1-15-7(12)4-5-9(14)16-8(13)3-2-6(10)11;1-9-5(7)3-4-6(8)10-2/h2-5H,1H3,(H,10,11);3-4H,1-2H3/b3-2-,5-4-;4-3-. The minimum absolute atomic E-state index is 0.514. The lowest BCUT2D eigenvalue weighted by Crippen LogP contribution is -2.08. The van der Waals surface area contributed by atoms with Crippen LogP contribution in [0.25, 0.3) is 0 Å². The summed E-state index contributed by atoms with van der Waals surface area (Å²) in [4.78, 5) is 62.7. The maximum absolute atomic E-state index is 10.8. The molecule has 0 aromatic carbocycles. The van der Waals surface area contributed by atoms with Gasteiger partial charge in [0.25, 0.3) is 0 Å². The molecule has 11 heteroatoms. The van der Waals surface area contributed by atoms with E-state index in [1.165, 1.54) is 14.2 Å². The summed E-state index contributed by atoms with van der Waals surface area (Å²) in [7, 11) is 3.56. The van der Waals surface area contributed by atoms with E-state index in [0.29, 0.717) is 18.2 Å². The highest BCUT2D eigenvalue weighted by Crippen LogP contribution is 1.87. The number of carbonyl (C=O) groups is 6. The molecule has 0 atom stereocenters. The van der Waals surface area contributed by atoms with Crippen molar-refractivity contribution in [3.05, 3.63) is 36.5 Å². The van der Waals surface area contributed by atoms with Gasteiger partial charge < -0.3 is 24.1 Å². The molecule has 0 aliphatic heterocycles. The van der Waals surface area contributed by atoms with Crippen LogP contribution in [-0.4, -0.2) is 62.3 Å². The lowest BCUT2D eigenvalue weighted by atomic mass is 10.5. The first-order chi connectivity index (χ1) is 12.2. The predicted octanol–water partition coefficient (Wildman–Crippen LogP) is -0.685. The third-order valence-corrected chi connectivity index (χ3v) is 1.88. The molecule has 0 rings (SSSR count). The molecular weight excluding hydrogens is 356 g/mol. The highest BCUT2D eigenvalue weighted by molar-refractivity contribution is 6.00. The summed E-state index contributed by atoms with van der Waals surface area (Å²) in [6.07, 6.45) is 4.50. The molecule has 0 saturated heterocycles. The van der Waals surface area contributed by atoms with E-state index in [4.69, 9.17) is 5.11 Å². The van der Waals surface area contributed by atoms with Crippen LogP contribution in [0.4, 0.5) is 0 Å². The van der Waals surface area contributed by atoms with Crippen molar-refractivity contribution in [2.45, 2.75) is 0 Å². The fourth-order valence-electron chi connectivity index (χ4n) is 0.783. The van der Waals surface area contributed by atoms with E-state index in [2.05, 4.69) is 18.9 Å². The SMILES string of the molecule is COC(=O)/C=C\C(=O)OC.COC(=O)/C=C\C(=O)OC(=O)/C=C\C(=O)O. The van der Waals surface area contributed by atoms with Crippen LogP contribution in [0.3, 0.4) is 0 Å². The van der Waals surface area contributed by atoms with Gasteiger partial charge in [-0.05, 0) is 0 Å². The lowest BCUT2D eigenvalue weighted by Gasteiger charge is -1.93. The first-order valence-corrected chi connectivity index (χ1v) is 6.43. The molecule has 11 nitrogen and oxygen atoms in total. The van der Waals surface area contributed by atoms with Crippen LogP contribution in [0.5, 0.6) is 0 Å². The molecule has 0 saturated carbocycles. The third kappa shape index (κ3) is 16.6. The minimum atomic E-state index is -1.35. The molecule has 0 aromatic rings. The van der Waals surface area contributed by atoms with Crippen molar-refractivity contribution in [3.8, 4) is 0 Å². The summed E-state index contributed by atoms with van der Waals surface area (Å²) in [5, 5.41) is 8.15. The number of ether oxygens (including phenoxy) is 4. The molecule has 0 amide bonds. The van der Waals surface area contributed by atoms with Gasteiger partial charge in [0.2, 0.25) is 0 Å². The van der Waals surface area contributed by atoms with Gasteiger partial charge >= 0.3 is 35.8 Å². The van der Waals surface area contributed by atoms with E-state index < -0.39 is 35.8 Å². The number of aliphatic carboxylic acids is 1. The van der Waals surface area contributed by atoms with E-state index in [1.807, 2.05) is 0 Å². The Labute approximate surface area is 147 Å². The molecule has 142 valence electrons. The fourth-order valence-corrected chi connectivity index (χ4v) is 0.783. The van der Waals surface area contributed by atoms with Gasteiger partial charge in [-0.15, -0.1) is 0 Å². The van der Waals surface area contributed by atoms with E-state index in [0.717, 1.165) is 25.3 Å². The molecule has 26 heavy (non-hydrogen) atoms. The molecule has 0 aliphatic carbocycles. The van der Waals surface area contributed by atoms with Crippen molar-refractivity contribution >= 4 is 35.8 Å². The molecule has 0 heterocycles. The summed E-state index contributed by atoms with van der Waals surface area (Å²) in [6.45, 7) is 0. The van der Waals surface area contributed by atoms with Gasteiger partial charge in [-0.2, -0.15) is 0 Å². The number of methoxy groups -OCH3 is 3. The van der Waals surface area contributed by atoms with Gasteiger partial charge in [-0.25, -0.2) is 28.8 Å². The summed E-state index contributed by atoms with van der Waals surface area (Å²) >= 11 is 0. The lowest BCUT2D eigenvalue weighted by molar-refractivity contribution is -0.153. The Morgan fingerprint density at radius 1 is 0.538 bits per heavy atom. The van der Waals surface area contributed by atoms with Crippen molar-refractivity contribution in [3.63, 3.8) is 0 Å². The minimum Gasteiger partial charge on any atom is -0.478 e. The van der Waals surface area contributed by atoms with Crippen LogP contribution in [0, 0.1) is 0 Å². The van der Waals surface area contributed by atoms with Gasteiger partial charge in [0.15, 0.2) is 0 Å². The smallest absolute Gasteiger partial charge is 0.338 e. The molecule has 0 aliphatic rings. The monoisotopic (exact) mass is 372 g/mol. The zero-order chi connectivity index (χ0) is 20.5. The average Bonchev–Trinajstić information content (AvgIpc) is 2.62. The Bertz CT molecular complexity index is 608. The first kappa shape index (κ1) is 24.5. The Hall–Kier alpha value is -3.76. The van der Waals surface area contributed by atoms with Gasteiger partial charge in [0, 0.05) is 36.5 Å². The quantitative estimate of drug-likeness (QED) is 0.272. The van der Waals surface area contributed by atoms with E-state index >= 15 is 0 Å². The summed E-state index contributed by atoms with van der Waals surface area (Å²) in [5.74, 6) is -5.55. The molecule has 0 unspecified atom stereocenters. The van der Waals surface area contributed by atoms with Crippen LogP contribution in [0.2, 0.25) is 0 Å². The van der Waals surface area contributed by atoms with E-state index in [1.54, 1.807) is 0 Å². The number of carboxylic acids is 1. The molecule has 0 spiro atoms. The van der Waals surface area contributed by atoms with Crippen molar-refractivity contribution in [2.24, 2.45) is 0 Å². The third-order valence-electron chi connectivity index (χ3n) is 1.88. The summed E-state index contributed by atoms with van der Waals surface area (Å²) < 4.78 is 16.7. The highest BCUT2D eigenvalue weighted by atomic mass is 16.6. The summed E-state index contributed by atoms with van der Waals surface area (Å²) in [5.41, 5.74) is 0. The maximum atomic E-state index is 10.8. The molecule has 0 bridgehead atoms. The zero-order valence-corrected chi connectivity index (χ0v) is 14.0. The number of hydrogen-bond acceptors (Lipinski definition) is 10. The molecule has 0 aromatic heterocycles. The van der Waals surface area contributed by atoms with Gasteiger partial charge in [-0.3, -0.25) is 0 Å². The largest absolute Gasteiger partial charge is 0.478 e. The first-order valence-electron chi connectivity index (χ1n) is 6.43. The van der Waals surface area contributed by atoms with Crippen molar-refractivity contribution < 1.29 is 52.8 Å².